The fourth-order valence-electron chi connectivity index (χ4n) is 2.23. The lowest BCUT2D eigenvalue weighted by molar-refractivity contribution is -0.116. The Bertz CT molecular complexity index is 557. The predicted molar refractivity (Wildman–Crippen MR) is 84.2 cm³/mol. The Labute approximate surface area is 130 Å². The topological polar surface area (TPSA) is 64.3 Å². The zero-order valence-corrected chi connectivity index (χ0v) is 12.6. The molecule has 1 fully saturated rings. The number of hydrogen-bond donors (Lipinski definition) is 2. The molecule has 0 spiro atoms. The average molecular weight is 307 g/mol. The standard InChI is InChI=1S/C16H19ClN2O2/c17-15-7-5-13(11-12(15)3-1-9-18)19-16(20)8-6-14-4-2-10-21-14/h5,7,11,14H,2,4,6,8-10,18H2,(H,19,20). The van der Waals surface area contributed by atoms with E-state index in [0.29, 0.717) is 22.7 Å². The number of hydrogen-bond acceptors (Lipinski definition) is 3. The lowest BCUT2D eigenvalue weighted by atomic mass is 10.1. The van der Waals surface area contributed by atoms with E-state index in [0.717, 1.165) is 25.9 Å². The van der Waals surface area contributed by atoms with Crippen LogP contribution >= 0.6 is 11.6 Å². The van der Waals surface area contributed by atoms with Gasteiger partial charge >= 0.3 is 0 Å². The van der Waals surface area contributed by atoms with Crippen LogP contribution in [0.3, 0.4) is 0 Å². The Kier molecular flexibility index (Phi) is 6.06. The van der Waals surface area contributed by atoms with Gasteiger partial charge in [0.25, 0.3) is 0 Å². The molecule has 0 bridgehead atoms. The quantitative estimate of drug-likeness (QED) is 0.840. The Morgan fingerprint density at radius 2 is 2.38 bits per heavy atom. The molecule has 1 aromatic carbocycles. The molecule has 1 unspecified atom stereocenters. The molecule has 21 heavy (non-hydrogen) atoms. The van der Waals surface area contributed by atoms with Crippen LogP contribution in [0.2, 0.25) is 5.02 Å². The van der Waals surface area contributed by atoms with Gasteiger partial charge in [-0.05, 0) is 37.5 Å². The Morgan fingerprint density at radius 3 is 3.10 bits per heavy atom. The summed E-state index contributed by atoms with van der Waals surface area (Å²) in [5.41, 5.74) is 6.70. The number of carbonyl (C=O) groups is 1. The number of carbonyl (C=O) groups excluding carboxylic acids is 1. The van der Waals surface area contributed by atoms with E-state index in [-0.39, 0.29) is 18.6 Å². The second-order valence-electron chi connectivity index (χ2n) is 4.92. The summed E-state index contributed by atoms with van der Waals surface area (Å²) in [6.45, 7) is 1.08. The van der Waals surface area contributed by atoms with Gasteiger partial charge in [-0.2, -0.15) is 0 Å². The number of nitrogens with one attached hydrogen (secondary N) is 1. The summed E-state index contributed by atoms with van der Waals surface area (Å²) in [7, 11) is 0. The minimum atomic E-state index is -0.0226. The van der Waals surface area contributed by atoms with Crippen LogP contribution in [-0.2, 0) is 9.53 Å². The van der Waals surface area contributed by atoms with Gasteiger partial charge in [0.15, 0.2) is 0 Å². The third kappa shape index (κ3) is 5.05. The van der Waals surface area contributed by atoms with Gasteiger partial charge in [-0.1, -0.05) is 23.4 Å². The first-order chi connectivity index (χ1) is 10.2. The van der Waals surface area contributed by atoms with Crippen molar-refractivity contribution in [1.82, 2.24) is 0 Å². The number of ether oxygens (including phenoxy) is 1. The highest BCUT2D eigenvalue weighted by Gasteiger charge is 2.16. The fraction of sp³-hybridized carbons (Fsp3) is 0.438. The number of rotatable bonds is 4. The zero-order chi connectivity index (χ0) is 15.1. The number of amides is 1. The number of nitrogens with two attached hydrogens (primary N) is 1. The van der Waals surface area contributed by atoms with Gasteiger partial charge in [-0.3, -0.25) is 4.79 Å². The first-order valence-electron chi connectivity index (χ1n) is 7.09. The van der Waals surface area contributed by atoms with Crippen molar-refractivity contribution in [3.63, 3.8) is 0 Å². The van der Waals surface area contributed by atoms with Gasteiger partial charge in [0.1, 0.15) is 0 Å². The van der Waals surface area contributed by atoms with Crippen molar-refractivity contribution < 1.29 is 9.53 Å². The van der Waals surface area contributed by atoms with Gasteiger partial charge in [0.2, 0.25) is 5.91 Å². The minimum Gasteiger partial charge on any atom is -0.378 e. The van der Waals surface area contributed by atoms with E-state index in [9.17, 15) is 4.79 Å². The van der Waals surface area contributed by atoms with Crippen LogP contribution in [0, 0.1) is 11.8 Å². The molecule has 0 aliphatic carbocycles. The second-order valence-corrected chi connectivity index (χ2v) is 5.33. The molecule has 1 aliphatic heterocycles. The SMILES string of the molecule is NCC#Cc1cc(NC(=O)CCC2CCCO2)ccc1Cl. The highest BCUT2D eigenvalue weighted by molar-refractivity contribution is 6.31. The highest BCUT2D eigenvalue weighted by atomic mass is 35.5. The highest BCUT2D eigenvalue weighted by Crippen LogP contribution is 2.21. The van der Waals surface area contributed by atoms with Gasteiger partial charge in [-0.25, -0.2) is 0 Å². The van der Waals surface area contributed by atoms with Gasteiger partial charge in [0.05, 0.1) is 17.7 Å². The molecule has 5 heteroatoms. The summed E-state index contributed by atoms with van der Waals surface area (Å²) in [4.78, 5) is 11.9. The van der Waals surface area contributed by atoms with Crippen LogP contribution in [0.25, 0.3) is 0 Å². The molecule has 0 aromatic heterocycles. The van der Waals surface area contributed by atoms with E-state index < -0.39 is 0 Å². The summed E-state index contributed by atoms with van der Waals surface area (Å²) in [6.07, 6.45) is 3.59. The summed E-state index contributed by atoms with van der Waals surface area (Å²) >= 11 is 6.04. The van der Waals surface area contributed by atoms with Crippen molar-refractivity contribution in [3.05, 3.63) is 28.8 Å². The smallest absolute Gasteiger partial charge is 0.224 e. The van der Waals surface area contributed by atoms with Crippen LogP contribution in [-0.4, -0.2) is 25.2 Å². The maximum atomic E-state index is 11.9. The molecule has 1 saturated heterocycles. The van der Waals surface area contributed by atoms with Crippen LogP contribution < -0.4 is 11.1 Å². The molecule has 0 saturated carbocycles. The lowest BCUT2D eigenvalue weighted by Crippen LogP contribution is -2.15. The molecular weight excluding hydrogens is 288 g/mol. The van der Waals surface area contributed by atoms with E-state index >= 15 is 0 Å². The molecule has 1 heterocycles. The van der Waals surface area contributed by atoms with Crippen molar-refractivity contribution in [2.24, 2.45) is 5.73 Å². The average Bonchev–Trinajstić information content (AvgIpc) is 2.99. The predicted octanol–water partition coefficient (Wildman–Crippen LogP) is 2.55. The first-order valence-corrected chi connectivity index (χ1v) is 7.47. The lowest BCUT2D eigenvalue weighted by Gasteiger charge is -2.10. The van der Waals surface area contributed by atoms with Gasteiger partial charge < -0.3 is 15.8 Å². The van der Waals surface area contributed by atoms with Crippen molar-refractivity contribution >= 4 is 23.2 Å². The zero-order valence-electron chi connectivity index (χ0n) is 11.8. The normalized spacial score (nSPS) is 17.1. The molecule has 0 radical (unpaired) electrons. The Balaban J connectivity index is 1.90. The van der Waals surface area contributed by atoms with Crippen LogP contribution in [0.4, 0.5) is 5.69 Å². The largest absolute Gasteiger partial charge is 0.378 e. The Hall–Kier alpha value is -1.54. The molecule has 2 rings (SSSR count). The maximum Gasteiger partial charge on any atom is 0.224 e. The molecule has 1 amide bonds. The van der Waals surface area contributed by atoms with Crippen molar-refractivity contribution in [2.75, 3.05) is 18.5 Å². The number of benzene rings is 1. The maximum absolute atomic E-state index is 11.9. The summed E-state index contributed by atoms with van der Waals surface area (Å²) in [5.74, 6) is 5.61. The molecule has 3 N–H and O–H groups in total. The monoisotopic (exact) mass is 306 g/mol. The molecule has 1 aliphatic rings. The van der Waals surface area contributed by atoms with Gasteiger partial charge in [0, 0.05) is 24.3 Å². The van der Waals surface area contributed by atoms with E-state index in [4.69, 9.17) is 22.1 Å². The van der Waals surface area contributed by atoms with Crippen LogP contribution in [0.15, 0.2) is 18.2 Å². The molecule has 4 nitrogen and oxygen atoms in total. The summed E-state index contributed by atoms with van der Waals surface area (Å²) in [6, 6.07) is 5.24. The Morgan fingerprint density at radius 1 is 1.52 bits per heavy atom. The third-order valence-corrected chi connectivity index (χ3v) is 3.62. The van der Waals surface area contributed by atoms with E-state index in [1.165, 1.54) is 0 Å². The van der Waals surface area contributed by atoms with Crippen molar-refractivity contribution in [2.45, 2.75) is 31.8 Å². The number of halogens is 1. The van der Waals surface area contributed by atoms with Crippen LogP contribution in [0.1, 0.15) is 31.2 Å². The number of anilines is 1. The first kappa shape index (κ1) is 15.8. The van der Waals surface area contributed by atoms with E-state index in [1.54, 1.807) is 18.2 Å². The fourth-order valence-corrected chi connectivity index (χ4v) is 2.40. The molecule has 112 valence electrons. The third-order valence-electron chi connectivity index (χ3n) is 3.29. The van der Waals surface area contributed by atoms with Crippen molar-refractivity contribution in [3.8, 4) is 11.8 Å². The second kappa shape index (κ2) is 8.04. The van der Waals surface area contributed by atoms with Gasteiger partial charge in [-0.15, -0.1) is 0 Å². The minimum absolute atomic E-state index is 0.0226. The molecule has 1 aromatic rings. The van der Waals surface area contributed by atoms with E-state index in [2.05, 4.69) is 17.2 Å². The summed E-state index contributed by atoms with van der Waals surface area (Å²) in [5, 5.41) is 3.41. The van der Waals surface area contributed by atoms with E-state index in [1.807, 2.05) is 0 Å². The summed E-state index contributed by atoms with van der Waals surface area (Å²) < 4.78 is 5.51. The molecular formula is C16H19ClN2O2. The molecule has 1 atom stereocenters. The van der Waals surface area contributed by atoms with Crippen LogP contribution in [0.5, 0.6) is 0 Å². The van der Waals surface area contributed by atoms with Crippen molar-refractivity contribution in [1.29, 1.82) is 0 Å².